The van der Waals surface area contributed by atoms with Gasteiger partial charge in [-0.3, -0.25) is 0 Å². The van der Waals surface area contributed by atoms with E-state index in [1.54, 1.807) is 0 Å². The maximum Gasteiger partial charge on any atom is 0.155 e. The third-order valence-corrected chi connectivity index (χ3v) is 3.93. The predicted molar refractivity (Wildman–Crippen MR) is 47.5 cm³/mol. The number of hydrogen-bond donors (Lipinski definition) is 1. The summed E-state index contributed by atoms with van der Waals surface area (Å²) in [7, 11) is -2.82. The van der Waals surface area contributed by atoms with Crippen LogP contribution in [0.2, 0.25) is 0 Å². The van der Waals surface area contributed by atoms with Gasteiger partial charge in [0.1, 0.15) is 5.60 Å². The Morgan fingerprint density at radius 3 is 2.33 bits per heavy atom. The fourth-order valence-corrected chi connectivity index (χ4v) is 3.08. The molecule has 1 spiro atoms. The van der Waals surface area contributed by atoms with Crippen LogP contribution in [-0.4, -0.2) is 45.2 Å². The maximum absolute atomic E-state index is 11.2. The van der Waals surface area contributed by atoms with Gasteiger partial charge < -0.3 is 10.1 Å². The van der Waals surface area contributed by atoms with E-state index in [2.05, 4.69) is 5.32 Å². The van der Waals surface area contributed by atoms with Crippen LogP contribution in [0.4, 0.5) is 0 Å². The smallest absolute Gasteiger partial charge is 0.155 e. The molecule has 0 aromatic carbocycles. The van der Waals surface area contributed by atoms with Crippen molar-refractivity contribution in [1.82, 2.24) is 5.32 Å². The van der Waals surface area contributed by atoms with Gasteiger partial charge in [0.15, 0.2) is 9.84 Å². The Morgan fingerprint density at radius 1 is 1.33 bits per heavy atom. The van der Waals surface area contributed by atoms with Crippen molar-refractivity contribution in [1.29, 1.82) is 0 Å². The molecule has 2 aliphatic heterocycles. The summed E-state index contributed by atoms with van der Waals surface area (Å²) in [5, 5.41) is 3.02. The summed E-state index contributed by atoms with van der Waals surface area (Å²) in [5.41, 5.74) is -0.364. The number of hydrogen-bond acceptors (Lipinski definition) is 4. The van der Waals surface area contributed by atoms with Crippen molar-refractivity contribution in [2.45, 2.75) is 5.60 Å². The van der Waals surface area contributed by atoms with Crippen molar-refractivity contribution >= 4 is 22.2 Å². The number of ether oxygens (including phenoxy) is 1. The van der Waals surface area contributed by atoms with E-state index in [1.807, 2.05) is 0 Å². The zero-order chi connectivity index (χ0) is 7.95. The van der Waals surface area contributed by atoms with E-state index in [0.717, 1.165) is 0 Å². The largest absolute Gasteiger partial charge is 0.370 e. The van der Waals surface area contributed by atoms with Gasteiger partial charge in [0.2, 0.25) is 0 Å². The minimum Gasteiger partial charge on any atom is -0.370 e. The standard InChI is InChI=1S/C6H11NO3S.ClH/c8-11(9)2-1-10-6(5-11)3-7-4-6;/h7H,1-5H2;1H. The van der Waals surface area contributed by atoms with Crippen LogP contribution in [0, 0.1) is 0 Å². The fraction of sp³-hybridized carbons (Fsp3) is 1.00. The summed E-state index contributed by atoms with van der Waals surface area (Å²) in [4.78, 5) is 0. The molecule has 0 aromatic heterocycles. The fourth-order valence-electron chi connectivity index (χ4n) is 1.51. The van der Waals surface area contributed by atoms with Gasteiger partial charge in [0.05, 0.1) is 18.1 Å². The molecule has 0 saturated carbocycles. The second kappa shape index (κ2) is 3.14. The Hall–Kier alpha value is 0.160. The van der Waals surface area contributed by atoms with Gasteiger partial charge in [-0.1, -0.05) is 0 Å². The molecule has 2 rings (SSSR count). The van der Waals surface area contributed by atoms with Crippen molar-refractivity contribution in [3.05, 3.63) is 0 Å². The predicted octanol–water partition coefficient (Wildman–Crippen LogP) is -0.805. The molecular weight excluding hydrogens is 202 g/mol. The molecule has 4 nitrogen and oxygen atoms in total. The summed E-state index contributed by atoms with van der Waals surface area (Å²) in [6, 6.07) is 0. The molecule has 2 saturated heterocycles. The molecule has 0 unspecified atom stereocenters. The molecule has 12 heavy (non-hydrogen) atoms. The van der Waals surface area contributed by atoms with Gasteiger partial charge in [0, 0.05) is 13.1 Å². The Labute approximate surface area is 78.0 Å². The molecule has 0 aliphatic carbocycles. The van der Waals surface area contributed by atoms with Crippen LogP contribution in [0.1, 0.15) is 0 Å². The van der Waals surface area contributed by atoms with E-state index in [1.165, 1.54) is 0 Å². The molecule has 0 bridgehead atoms. The minimum absolute atomic E-state index is 0. The number of nitrogens with one attached hydrogen (secondary N) is 1. The third kappa shape index (κ3) is 1.74. The highest BCUT2D eigenvalue weighted by Gasteiger charge is 2.44. The Kier molecular flexibility index (Phi) is 2.68. The van der Waals surface area contributed by atoms with Gasteiger partial charge in [-0.15, -0.1) is 12.4 Å². The molecule has 2 aliphatic rings. The zero-order valence-corrected chi connectivity index (χ0v) is 8.21. The van der Waals surface area contributed by atoms with Crippen LogP contribution >= 0.6 is 12.4 Å². The molecule has 0 aromatic rings. The molecule has 1 N–H and O–H groups in total. The van der Waals surface area contributed by atoms with Gasteiger partial charge in [-0.25, -0.2) is 8.42 Å². The van der Waals surface area contributed by atoms with Crippen LogP contribution in [0.5, 0.6) is 0 Å². The van der Waals surface area contributed by atoms with Crippen LogP contribution < -0.4 is 5.32 Å². The van der Waals surface area contributed by atoms with Crippen molar-refractivity contribution in [2.24, 2.45) is 0 Å². The first-order chi connectivity index (χ1) is 5.12. The van der Waals surface area contributed by atoms with E-state index >= 15 is 0 Å². The van der Waals surface area contributed by atoms with Crippen molar-refractivity contribution in [3.8, 4) is 0 Å². The van der Waals surface area contributed by atoms with Crippen LogP contribution in [0.25, 0.3) is 0 Å². The molecule has 2 heterocycles. The third-order valence-electron chi connectivity index (χ3n) is 2.18. The Balaban J connectivity index is 0.000000720. The monoisotopic (exact) mass is 213 g/mol. The zero-order valence-electron chi connectivity index (χ0n) is 6.58. The van der Waals surface area contributed by atoms with E-state index < -0.39 is 9.84 Å². The molecule has 2 fully saturated rings. The molecular formula is C6H12ClNO3S. The first kappa shape index (κ1) is 10.2. The first-order valence-electron chi connectivity index (χ1n) is 3.67. The summed E-state index contributed by atoms with van der Waals surface area (Å²) >= 11 is 0. The maximum atomic E-state index is 11.2. The molecule has 0 atom stereocenters. The van der Waals surface area contributed by atoms with E-state index in [-0.39, 0.29) is 29.5 Å². The normalized spacial score (nSPS) is 30.3. The molecule has 6 heteroatoms. The summed E-state index contributed by atoms with van der Waals surface area (Å²) in [6.45, 7) is 1.74. The van der Waals surface area contributed by atoms with Crippen LogP contribution in [-0.2, 0) is 14.6 Å². The lowest BCUT2D eigenvalue weighted by molar-refractivity contribution is -0.0631. The van der Waals surface area contributed by atoms with E-state index in [4.69, 9.17) is 4.74 Å². The Bertz CT molecular complexity index is 260. The Morgan fingerprint density at radius 2 is 2.00 bits per heavy atom. The first-order valence-corrected chi connectivity index (χ1v) is 5.49. The van der Waals surface area contributed by atoms with Gasteiger partial charge in [-0.05, 0) is 0 Å². The van der Waals surface area contributed by atoms with Crippen LogP contribution in [0.15, 0.2) is 0 Å². The summed E-state index contributed by atoms with van der Waals surface area (Å²) < 4.78 is 27.7. The highest BCUT2D eigenvalue weighted by atomic mass is 35.5. The quantitative estimate of drug-likeness (QED) is 0.572. The number of halogens is 1. The van der Waals surface area contributed by atoms with Crippen molar-refractivity contribution in [3.63, 3.8) is 0 Å². The lowest BCUT2D eigenvalue weighted by atomic mass is 10.00. The van der Waals surface area contributed by atoms with Gasteiger partial charge >= 0.3 is 0 Å². The summed E-state index contributed by atoms with van der Waals surface area (Å²) in [5.74, 6) is 0.391. The topological polar surface area (TPSA) is 55.4 Å². The average molecular weight is 214 g/mol. The van der Waals surface area contributed by atoms with E-state index in [9.17, 15) is 8.42 Å². The van der Waals surface area contributed by atoms with Crippen LogP contribution in [0.3, 0.4) is 0 Å². The summed E-state index contributed by atoms with van der Waals surface area (Å²) in [6.07, 6.45) is 0. The SMILES string of the molecule is Cl.O=S1(=O)CCOC2(CNC2)C1. The number of sulfone groups is 1. The van der Waals surface area contributed by atoms with E-state index in [0.29, 0.717) is 19.7 Å². The highest BCUT2D eigenvalue weighted by Crippen LogP contribution is 2.23. The van der Waals surface area contributed by atoms with Crippen molar-refractivity contribution < 1.29 is 13.2 Å². The van der Waals surface area contributed by atoms with Crippen molar-refractivity contribution in [2.75, 3.05) is 31.2 Å². The molecule has 72 valence electrons. The lowest BCUT2D eigenvalue weighted by Crippen LogP contribution is -2.66. The lowest BCUT2D eigenvalue weighted by Gasteiger charge is -2.44. The van der Waals surface area contributed by atoms with Gasteiger partial charge in [-0.2, -0.15) is 0 Å². The average Bonchev–Trinajstić information content (AvgIpc) is 1.82. The second-order valence-corrected chi connectivity index (χ2v) is 5.41. The highest BCUT2D eigenvalue weighted by molar-refractivity contribution is 7.91. The second-order valence-electron chi connectivity index (χ2n) is 3.23. The minimum atomic E-state index is -2.82. The molecule has 0 radical (unpaired) electrons. The van der Waals surface area contributed by atoms with Gasteiger partial charge in [0.25, 0.3) is 0 Å². The molecule has 0 amide bonds. The number of rotatable bonds is 0.